The molecular formula is C18H21N5O. The van der Waals surface area contributed by atoms with Crippen molar-refractivity contribution in [2.75, 3.05) is 18.4 Å². The predicted molar refractivity (Wildman–Crippen MR) is 90.3 cm³/mol. The van der Waals surface area contributed by atoms with Gasteiger partial charge >= 0.3 is 0 Å². The van der Waals surface area contributed by atoms with Crippen LogP contribution in [-0.4, -0.2) is 45.1 Å². The van der Waals surface area contributed by atoms with Crippen molar-refractivity contribution in [2.24, 2.45) is 5.92 Å². The summed E-state index contributed by atoms with van der Waals surface area (Å²) in [4.78, 5) is 18.9. The summed E-state index contributed by atoms with van der Waals surface area (Å²) in [7, 11) is 0. The van der Waals surface area contributed by atoms with Crippen molar-refractivity contribution in [3.8, 4) is 0 Å². The van der Waals surface area contributed by atoms with Crippen LogP contribution in [0.5, 0.6) is 0 Å². The van der Waals surface area contributed by atoms with E-state index < -0.39 is 0 Å². The quantitative estimate of drug-likeness (QED) is 0.933. The average Bonchev–Trinajstić information content (AvgIpc) is 3.44. The first-order chi connectivity index (χ1) is 11.8. The minimum atomic E-state index is 0.152. The van der Waals surface area contributed by atoms with Crippen molar-refractivity contribution in [3.63, 3.8) is 0 Å². The highest BCUT2D eigenvalue weighted by Crippen LogP contribution is 2.48. The number of pyridine rings is 1. The summed E-state index contributed by atoms with van der Waals surface area (Å²) in [6, 6.07) is 8.17. The van der Waals surface area contributed by atoms with Gasteiger partial charge in [-0.05, 0) is 48.9 Å². The number of piperidine rings is 1. The third kappa shape index (κ3) is 3.22. The molecule has 1 saturated carbocycles. The molecule has 3 heterocycles. The summed E-state index contributed by atoms with van der Waals surface area (Å²) < 4.78 is 0. The Balaban J connectivity index is 1.28. The topological polar surface area (TPSA) is 71.0 Å². The molecule has 24 heavy (non-hydrogen) atoms. The second kappa shape index (κ2) is 6.55. The lowest BCUT2D eigenvalue weighted by Gasteiger charge is -2.32. The van der Waals surface area contributed by atoms with E-state index in [0.717, 1.165) is 38.2 Å². The van der Waals surface area contributed by atoms with Gasteiger partial charge in [0.05, 0.1) is 0 Å². The number of rotatable bonds is 4. The molecule has 1 amide bonds. The number of nitrogens with zero attached hydrogens (tertiary/aromatic N) is 4. The van der Waals surface area contributed by atoms with Gasteiger partial charge in [-0.2, -0.15) is 5.10 Å². The van der Waals surface area contributed by atoms with Crippen molar-refractivity contribution >= 4 is 11.7 Å². The van der Waals surface area contributed by atoms with Crippen molar-refractivity contribution in [1.29, 1.82) is 0 Å². The van der Waals surface area contributed by atoms with Crippen molar-refractivity contribution in [1.82, 2.24) is 20.1 Å². The lowest BCUT2D eigenvalue weighted by Crippen LogP contribution is -2.43. The van der Waals surface area contributed by atoms with E-state index in [-0.39, 0.29) is 5.92 Å². The SMILES string of the molecule is O=C([C@H]1C[C@@H]1c1cccnc1)N1CCC(Nc2cccnn2)CC1. The van der Waals surface area contributed by atoms with Crippen LogP contribution in [-0.2, 0) is 4.79 Å². The zero-order chi connectivity index (χ0) is 16.4. The van der Waals surface area contributed by atoms with Crippen LogP contribution < -0.4 is 5.32 Å². The number of amides is 1. The zero-order valence-corrected chi connectivity index (χ0v) is 13.5. The summed E-state index contributed by atoms with van der Waals surface area (Å²) in [5.41, 5.74) is 1.19. The van der Waals surface area contributed by atoms with E-state index in [1.165, 1.54) is 5.56 Å². The highest BCUT2D eigenvalue weighted by Gasteiger charge is 2.46. The van der Waals surface area contributed by atoms with Gasteiger partial charge in [-0.15, -0.1) is 5.10 Å². The van der Waals surface area contributed by atoms with E-state index in [4.69, 9.17) is 0 Å². The maximum atomic E-state index is 12.7. The zero-order valence-electron chi connectivity index (χ0n) is 13.5. The fourth-order valence-electron chi connectivity index (χ4n) is 3.50. The van der Waals surface area contributed by atoms with Gasteiger partial charge in [0.2, 0.25) is 5.91 Å². The molecule has 0 bridgehead atoms. The van der Waals surface area contributed by atoms with Crippen LogP contribution >= 0.6 is 0 Å². The van der Waals surface area contributed by atoms with E-state index >= 15 is 0 Å². The molecule has 1 aliphatic heterocycles. The average molecular weight is 323 g/mol. The third-order valence-corrected chi connectivity index (χ3v) is 4.95. The molecule has 2 fully saturated rings. The first kappa shape index (κ1) is 15.1. The maximum Gasteiger partial charge on any atom is 0.226 e. The standard InChI is InChI=1S/C18H21N5O/c24-18(16-11-15(16)13-3-1-7-19-12-13)23-9-5-14(6-10-23)21-17-4-2-8-20-22-17/h1-4,7-8,12,14-16H,5-6,9-11H2,(H,21,22)/t15-,16+/m1/s1. The van der Waals surface area contributed by atoms with Gasteiger partial charge in [-0.1, -0.05) is 6.07 Å². The minimum absolute atomic E-state index is 0.152. The van der Waals surface area contributed by atoms with Crippen LogP contribution in [0, 0.1) is 5.92 Å². The highest BCUT2D eigenvalue weighted by atomic mass is 16.2. The number of hydrogen-bond donors (Lipinski definition) is 1. The van der Waals surface area contributed by atoms with Gasteiger partial charge in [0.1, 0.15) is 5.82 Å². The van der Waals surface area contributed by atoms with Gasteiger partial charge in [0.25, 0.3) is 0 Å². The number of carbonyl (C=O) groups is 1. The molecular weight excluding hydrogens is 302 g/mol. The Bertz CT molecular complexity index is 685. The van der Waals surface area contributed by atoms with Crippen LogP contribution in [0.3, 0.4) is 0 Å². The molecule has 1 saturated heterocycles. The largest absolute Gasteiger partial charge is 0.366 e. The summed E-state index contributed by atoms with van der Waals surface area (Å²) in [6.07, 6.45) is 8.19. The molecule has 2 aromatic rings. The van der Waals surface area contributed by atoms with Crippen LogP contribution in [0.4, 0.5) is 5.82 Å². The van der Waals surface area contributed by atoms with Gasteiger partial charge in [0, 0.05) is 43.6 Å². The number of nitrogens with one attached hydrogen (secondary N) is 1. The fourth-order valence-corrected chi connectivity index (χ4v) is 3.50. The van der Waals surface area contributed by atoms with Gasteiger partial charge in [0.15, 0.2) is 0 Å². The lowest BCUT2D eigenvalue weighted by atomic mass is 10.0. The molecule has 1 aliphatic carbocycles. The molecule has 6 heteroatoms. The smallest absolute Gasteiger partial charge is 0.226 e. The Morgan fingerprint density at radius 3 is 2.71 bits per heavy atom. The first-order valence-electron chi connectivity index (χ1n) is 8.54. The second-order valence-electron chi connectivity index (χ2n) is 6.59. The second-order valence-corrected chi connectivity index (χ2v) is 6.59. The molecule has 2 aliphatic rings. The van der Waals surface area contributed by atoms with Crippen LogP contribution in [0.25, 0.3) is 0 Å². The Kier molecular flexibility index (Phi) is 4.11. The first-order valence-corrected chi connectivity index (χ1v) is 8.54. The molecule has 2 atom stereocenters. The monoisotopic (exact) mass is 323 g/mol. The number of aromatic nitrogens is 3. The molecule has 1 N–H and O–H groups in total. The molecule has 4 rings (SSSR count). The Labute approximate surface area is 141 Å². The Morgan fingerprint density at radius 1 is 1.17 bits per heavy atom. The number of anilines is 1. The summed E-state index contributed by atoms with van der Waals surface area (Å²) in [5, 5.41) is 11.3. The fraction of sp³-hybridized carbons (Fsp3) is 0.444. The molecule has 0 unspecified atom stereocenters. The predicted octanol–water partition coefficient (Wildman–Crippen LogP) is 2.08. The van der Waals surface area contributed by atoms with E-state index in [1.807, 2.05) is 29.3 Å². The van der Waals surface area contributed by atoms with E-state index in [9.17, 15) is 4.79 Å². The molecule has 124 valence electrons. The summed E-state index contributed by atoms with van der Waals surface area (Å²) in [5.74, 6) is 1.63. The molecule has 0 radical (unpaired) electrons. The number of likely N-dealkylation sites (tertiary alicyclic amines) is 1. The van der Waals surface area contributed by atoms with Crippen molar-refractivity contribution < 1.29 is 4.79 Å². The van der Waals surface area contributed by atoms with Crippen LogP contribution in [0.1, 0.15) is 30.7 Å². The van der Waals surface area contributed by atoms with Crippen molar-refractivity contribution in [3.05, 3.63) is 48.4 Å². The van der Waals surface area contributed by atoms with Crippen LogP contribution in [0.2, 0.25) is 0 Å². The normalized spacial score (nSPS) is 23.8. The molecule has 0 spiro atoms. The van der Waals surface area contributed by atoms with Crippen molar-refractivity contribution in [2.45, 2.75) is 31.2 Å². The van der Waals surface area contributed by atoms with Gasteiger partial charge in [-0.3, -0.25) is 9.78 Å². The van der Waals surface area contributed by atoms with E-state index in [2.05, 4.69) is 26.6 Å². The Morgan fingerprint density at radius 2 is 2.00 bits per heavy atom. The molecule has 0 aromatic carbocycles. The van der Waals surface area contributed by atoms with Gasteiger partial charge in [-0.25, -0.2) is 0 Å². The lowest BCUT2D eigenvalue weighted by molar-refractivity contribution is -0.133. The number of carbonyl (C=O) groups excluding carboxylic acids is 1. The minimum Gasteiger partial charge on any atom is -0.366 e. The Hall–Kier alpha value is -2.50. The van der Waals surface area contributed by atoms with E-state index in [0.29, 0.717) is 17.9 Å². The summed E-state index contributed by atoms with van der Waals surface area (Å²) in [6.45, 7) is 1.63. The molecule has 2 aromatic heterocycles. The highest BCUT2D eigenvalue weighted by molar-refractivity contribution is 5.83. The summed E-state index contributed by atoms with van der Waals surface area (Å²) >= 11 is 0. The maximum absolute atomic E-state index is 12.7. The number of hydrogen-bond acceptors (Lipinski definition) is 5. The third-order valence-electron chi connectivity index (χ3n) is 4.95. The van der Waals surface area contributed by atoms with Crippen LogP contribution in [0.15, 0.2) is 42.9 Å². The van der Waals surface area contributed by atoms with Gasteiger partial charge < -0.3 is 10.2 Å². The molecule has 6 nitrogen and oxygen atoms in total. The van der Waals surface area contributed by atoms with E-state index in [1.54, 1.807) is 12.4 Å².